The summed E-state index contributed by atoms with van der Waals surface area (Å²) in [6.07, 6.45) is 5.53. The largest absolute Gasteiger partial charge is 0.246 e. The minimum atomic E-state index is -2.54. The molecule has 0 aliphatic heterocycles. The van der Waals surface area contributed by atoms with Crippen LogP contribution in [0.25, 0.3) is 0 Å². The lowest BCUT2D eigenvalue weighted by molar-refractivity contribution is -0.0209. The van der Waals surface area contributed by atoms with E-state index in [9.17, 15) is 8.78 Å². The normalized spacial score (nSPS) is 21.7. The van der Waals surface area contributed by atoms with E-state index in [0.717, 1.165) is 19.8 Å². The van der Waals surface area contributed by atoms with Gasteiger partial charge < -0.3 is 0 Å². The minimum absolute atomic E-state index is 0.0156. The van der Waals surface area contributed by atoms with Gasteiger partial charge in [0.25, 0.3) is 0 Å². The van der Waals surface area contributed by atoms with E-state index in [2.05, 4.69) is 15.9 Å². The minimum Gasteiger partial charge on any atom is -0.207 e. The molecule has 1 aliphatic rings. The number of alkyl halides is 3. The summed E-state index contributed by atoms with van der Waals surface area (Å²) in [6, 6.07) is 0. The van der Waals surface area contributed by atoms with E-state index < -0.39 is 5.92 Å². The van der Waals surface area contributed by atoms with E-state index in [1.54, 1.807) is 0 Å². The maximum atomic E-state index is 12.8. The Kier molecular flexibility index (Phi) is 2.92. The average molecular weight is 239 g/mol. The van der Waals surface area contributed by atoms with Gasteiger partial charge in [-0.2, -0.15) is 0 Å². The summed E-state index contributed by atoms with van der Waals surface area (Å²) in [4.78, 5) is 0. The van der Waals surface area contributed by atoms with Crippen molar-refractivity contribution in [3.05, 3.63) is 12.2 Å². The zero-order chi connectivity index (χ0) is 9.24. The Labute approximate surface area is 80.2 Å². The highest BCUT2D eigenvalue weighted by Crippen LogP contribution is 2.43. The van der Waals surface area contributed by atoms with Gasteiger partial charge in [-0.05, 0) is 25.2 Å². The molecule has 0 saturated carbocycles. The molecule has 0 spiro atoms. The van der Waals surface area contributed by atoms with Crippen LogP contribution in [0.5, 0.6) is 0 Å². The summed E-state index contributed by atoms with van der Waals surface area (Å²) in [5.41, 5.74) is -0.224. The quantitative estimate of drug-likeness (QED) is 0.519. The molecule has 0 bridgehead atoms. The number of rotatable bonds is 3. The molecule has 0 N–H and O–H groups in total. The lowest BCUT2D eigenvalue weighted by Gasteiger charge is -2.29. The third-order valence-corrected chi connectivity index (χ3v) is 3.43. The van der Waals surface area contributed by atoms with Crippen LogP contribution in [0.2, 0.25) is 0 Å². The zero-order valence-corrected chi connectivity index (χ0v) is 8.70. The molecule has 0 nitrogen and oxygen atoms in total. The van der Waals surface area contributed by atoms with Crippen LogP contribution in [0.15, 0.2) is 12.2 Å². The van der Waals surface area contributed by atoms with Gasteiger partial charge >= 0.3 is 0 Å². The maximum absolute atomic E-state index is 12.8. The van der Waals surface area contributed by atoms with E-state index in [-0.39, 0.29) is 11.8 Å². The monoisotopic (exact) mass is 238 g/mol. The molecule has 12 heavy (non-hydrogen) atoms. The molecular weight excluding hydrogens is 226 g/mol. The van der Waals surface area contributed by atoms with Crippen LogP contribution >= 0.6 is 15.9 Å². The van der Waals surface area contributed by atoms with Gasteiger partial charge in [0.1, 0.15) is 0 Å². The average Bonchev–Trinajstić information content (AvgIpc) is 2.34. The third kappa shape index (κ3) is 2.54. The smallest absolute Gasteiger partial charge is 0.207 e. The molecule has 0 atom stereocenters. The zero-order valence-electron chi connectivity index (χ0n) is 7.12. The van der Waals surface area contributed by atoms with Gasteiger partial charge in [0.15, 0.2) is 0 Å². The first-order valence-electron chi connectivity index (χ1n) is 4.06. The molecule has 0 unspecified atom stereocenters. The summed E-state index contributed by atoms with van der Waals surface area (Å²) in [5, 5.41) is 0.663. The molecule has 0 fully saturated rings. The third-order valence-electron chi connectivity index (χ3n) is 2.24. The molecule has 3 heteroatoms. The second-order valence-corrected chi connectivity index (χ2v) is 4.32. The van der Waals surface area contributed by atoms with Gasteiger partial charge in [-0.15, -0.1) is 0 Å². The van der Waals surface area contributed by atoms with Gasteiger partial charge in [0.05, 0.1) is 0 Å². The predicted octanol–water partition coefficient (Wildman–Crippen LogP) is 3.76. The van der Waals surface area contributed by atoms with Gasteiger partial charge in [-0.1, -0.05) is 28.1 Å². The molecule has 0 aromatic carbocycles. The van der Waals surface area contributed by atoms with Crippen LogP contribution in [0, 0.1) is 5.41 Å². The molecule has 0 heterocycles. The highest BCUT2D eigenvalue weighted by atomic mass is 79.9. The van der Waals surface area contributed by atoms with Gasteiger partial charge in [0, 0.05) is 11.8 Å². The second kappa shape index (κ2) is 3.44. The SMILES string of the molecule is CC(F)(F)CC1(CBr)CC=CC1. The van der Waals surface area contributed by atoms with Crippen molar-refractivity contribution in [2.45, 2.75) is 32.1 Å². The Morgan fingerprint density at radius 3 is 2.25 bits per heavy atom. The lowest BCUT2D eigenvalue weighted by Crippen LogP contribution is -2.27. The Morgan fingerprint density at radius 2 is 1.92 bits per heavy atom. The second-order valence-electron chi connectivity index (χ2n) is 3.76. The van der Waals surface area contributed by atoms with Crippen LogP contribution in [-0.2, 0) is 0 Å². The summed E-state index contributed by atoms with van der Waals surface area (Å²) >= 11 is 3.31. The standard InChI is InChI=1S/C9H13BrF2/c1-8(11,12)6-9(7-10)4-2-3-5-9/h2-3H,4-7H2,1H3. The Morgan fingerprint density at radius 1 is 1.42 bits per heavy atom. The Bertz CT molecular complexity index is 173. The Balaban J connectivity index is 2.57. The van der Waals surface area contributed by atoms with Gasteiger partial charge in [0.2, 0.25) is 5.92 Å². The predicted molar refractivity (Wildman–Crippen MR) is 49.8 cm³/mol. The molecule has 0 aromatic heterocycles. The maximum Gasteiger partial charge on any atom is 0.246 e. The van der Waals surface area contributed by atoms with E-state index in [1.165, 1.54) is 0 Å². The van der Waals surface area contributed by atoms with Crippen LogP contribution in [0.3, 0.4) is 0 Å². The molecule has 0 saturated heterocycles. The number of halogens is 3. The summed E-state index contributed by atoms with van der Waals surface area (Å²) in [7, 11) is 0. The highest BCUT2D eigenvalue weighted by Gasteiger charge is 2.38. The molecule has 0 amide bonds. The van der Waals surface area contributed by atoms with Crippen molar-refractivity contribution in [1.82, 2.24) is 0 Å². The van der Waals surface area contributed by atoms with Gasteiger partial charge in [-0.3, -0.25) is 0 Å². The van der Waals surface area contributed by atoms with E-state index in [4.69, 9.17) is 0 Å². The molecule has 0 aromatic rings. The topological polar surface area (TPSA) is 0 Å². The fourth-order valence-corrected chi connectivity index (χ4v) is 2.37. The van der Waals surface area contributed by atoms with E-state index in [1.807, 2.05) is 12.2 Å². The molecule has 1 aliphatic carbocycles. The van der Waals surface area contributed by atoms with Crippen LogP contribution < -0.4 is 0 Å². The number of hydrogen-bond donors (Lipinski definition) is 0. The van der Waals surface area contributed by atoms with Crippen LogP contribution in [-0.4, -0.2) is 11.3 Å². The van der Waals surface area contributed by atoms with E-state index in [0.29, 0.717) is 5.33 Å². The molecular formula is C9H13BrF2. The van der Waals surface area contributed by atoms with Crippen molar-refractivity contribution in [3.63, 3.8) is 0 Å². The van der Waals surface area contributed by atoms with Crippen LogP contribution in [0.1, 0.15) is 26.2 Å². The summed E-state index contributed by atoms with van der Waals surface area (Å²) < 4.78 is 25.5. The van der Waals surface area contributed by atoms with Crippen LogP contribution in [0.4, 0.5) is 8.78 Å². The highest BCUT2D eigenvalue weighted by molar-refractivity contribution is 9.09. The van der Waals surface area contributed by atoms with Crippen molar-refractivity contribution >= 4 is 15.9 Å². The molecule has 0 radical (unpaired) electrons. The first-order chi connectivity index (χ1) is 5.47. The summed E-state index contributed by atoms with van der Waals surface area (Å²) in [6.45, 7) is 0.996. The summed E-state index contributed by atoms with van der Waals surface area (Å²) in [5.74, 6) is -2.54. The molecule has 70 valence electrons. The first kappa shape index (κ1) is 10.2. The first-order valence-corrected chi connectivity index (χ1v) is 5.18. The van der Waals surface area contributed by atoms with E-state index >= 15 is 0 Å². The number of allylic oxidation sites excluding steroid dienone is 2. The van der Waals surface area contributed by atoms with Gasteiger partial charge in [-0.25, -0.2) is 8.78 Å². The fourth-order valence-electron chi connectivity index (χ4n) is 1.71. The lowest BCUT2D eigenvalue weighted by atomic mass is 9.82. The van der Waals surface area contributed by atoms with Crippen molar-refractivity contribution in [2.75, 3.05) is 5.33 Å². The van der Waals surface area contributed by atoms with Crippen molar-refractivity contribution in [2.24, 2.45) is 5.41 Å². The van der Waals surface area contributed by atoms with Crippen molar-refractivity contribution < 1.29 is 8.78 Å². The van der Waals surface area contributed by atoms with Crippen molar-refractivity contribution in [1.29, 1.82) is 0 Å². The Hall–Kier alpha value is 0.0800. The van der Waals surface area contributed by atoms with Crippen molar-refractivity contribution in [3.8, 4) is 0 Å². The number of hydrogen-bond acceptors (Lipinski definition) is 0. The fraction of sp³-hybridized carbons (Fsp3) is 0.778. The molecule has 1 rings (SSSR count).